The first-order chi connectivity index (χ1) is 9.11. The third kappa shape index (κ3) is 3.48. The Labute approximate surface area is 119 Å². The predicted octanol–water partition coefficient (Wildman–Crippen LogP) is 2.90. The molecule has 2 rings (SSSR count). The van der Waals surface area contributed by atoms with Crippen LogP contribution in [0, 0.1) is 0 Å². The number of fused-ring (bicyclic) bond motifs is 1. The number of Topliss-reactive ketones (excluding diaryl/α,β-unsaturated/α-hetero) is 1. The fourth-order valence-corrected chi connectivity index (χ4v) is 2.64. The van der Waals surface area contributed by atoms with Crippen molar-refractivity contribution in [2.75, 3.05) is 6.61 Å². The van der Waals surface area contributed by atoms with Gasteiger partial charge in [0.1, 0.15) is 5.75 Å². The van der Waals surface area contributed by atoms with E-state index in [-0.39, 0.29) is 11.8 Å². The molecule has 104 valence electrons. The minimum atomic E-state index is -0.379. The van der Waals surface area contributed by atoms with Gasteiger partial charge < -0.3 is 10.5 Å². The molecule has 2 N–H and O–H groups in total. The number of carbonyl (C=O) groups is 1. The summed E-state index contributed by atoms with van der Waals surface area (Å²) in [6.07, 6.45) is 3.96. The molecule has 0 saturated heterocycles. The molecular formula is C15H20ClNO2. The molecule has 1 aromatic rings. The van der Waals surface area contributed by atoms with Crippen LogP contribution in [-0.2, 0) is 17.6 Å². The van der Waals surface area contributed by atoms with E-state index in [1.54, 1.807) is 0 Å². The number of unbranched alkanes of at least 4 members (excludes halogenated alkanes) is 1. The first-order valence-electron chi connectivity index (χ1n) is 6.84. The van der Waals surface area contributed by atoms with Gasteiger partial charge in [0.05, 0.1) is 12.6 Å². The Morgan fingerprint density at radius 1 is 1.53 bits per heavy atom. The zero-order valence-electron chi connectivity index (χ0n) is 11.2. The highest BCUT2D eigenvalue weighted by molar-refractivity contribution is 6.30. The molecule has 0 amide bonds. The Morgan fingerprint density at radius 2 is 2.32 bits per heavy atom. The van der Waals surface area contributed by atoms with Crippen molar-refractivity contribution in [3.63, 3.8) is 0 Å². The molecule has 1 unspecified atom stereocenters. The lowest BCUT2D eigenvalue weighted by molar-refractivity contribution is -0.119. The number of carbonyl (C=O) groups excluding carboxylic acids is 1. The van der Waals surface area contributed by atoms with Gasteiger partial charge in [-0.25, -0.2) is 0 Å². The lowest BCUT2D eigenvalue weighted by atomic mass is 9.98. The molecule has 0 fully saturated rings. The van der Waals surface area contributed by atoms with E-state index >= 15 is 0 Å². The topological polar surface area (TPSA) is 52.3 Å². The SMILES string of the molecule is CCCCC(N)C(=O)Cc1cc(Cl)cc2c1OCC2. The van der Waals surface area contributed by atoms with Crippen LogP contribution in [-0.4, -0.2) is 18.4 Å². The lowest BCUT2D eigenvalue weighted by Crippen LogP contribution is -2.31. The van der Waals surface area contributed by atoms with Crippen LogP contribution in [0.4, 0.5) is 0 Å². The van der Waals surface area contributed by atoms with Crippen LogP contribution in [0.5, 0.6) is 5.75 Å². The highest BCUT2D eigenvalue weighted by atomic mass is 35.5. The van der Waals surface area contributed by atoms with Gasteiger partial charge in [-0.05, 0) is 24.1 Å². The van der Waals surface area contributed by atoms with Gasteiger partial charge in [0.25, 0.3) is 0 Å². The molecular weight excluding hydrogens is 262 g/mol. The van der Waals surface area contributed by atoms with Gasteiger partial charge in [-0.2, -0.15) is 0 Å². The summed E-state index contributed by atoms with van der Waals surface area (Å²) < 4.78 is 5.59. The van der Waals surface area contributed by atoms with Gasteiger partial charge in [-0.1, -0.05) is 31.4 Å². The van der Waals surface area contributed by atoms with E-state index in [2.05, 4.69) is 6.92 Å². The third-order valence-electron chi connectivity index (χ3n) is 3.47. The Balaban J connectivity index is 2.09. The van der Waals surface area contributed by atoms with Crippen LogP contribution in [0.1, 0.15) is 37.3 Å². The molecule has 1 aliphatic rings. The van der Waals surface area contributed by atoms with Crippen molar-refractivity contribution in [1.29, 1.82) is 0 Å². The van der Waals surface area contributed by atoms with Crippen molar-refractivity contribution in [2.24, 2.45) is 5.73 Å². The zero-order chi connectivity index (χ0) is 13.8. The molecule has 0 saturated carbocycles. The van der Waals surface area contributed by atoms with Crippen molar-refractivity contribution in [3.8, 4) is 5.75 Å². The largest absolute Gasteiger partial charge is 0.493 e. The number of ketones is 1. The van der Waals surface area contributed by atoms with Gasteiger partial charge in [0.2, 0.25) is 0 Å². The van der Waals surface area contributed by atoms with E-state index in [9.17, 15) is 4.79 Å². The van der Waals surface area contributed by atoms with Gasteiger partial charge in [-0.15, -0.1) is 0 Å². The van der Waals surface area contributed by atoms with Gasteiger partial charge in [-0.3, -0.25) is 4.79 Å². The molecule has 1 aliphatic heterocycles. The second-order valence-corrected chi connectivity index (χ2v) is 5.48. The van der Waals surface area contributed by atoms with Crippen molar-refractivity contribution < 1.29 is 9.53 Å². The fraction of sp³-hybridized carbons (Fsp3) is 0.533. The molecule has 1 aromatic carbocycles. The highest BCUT2D eigenvalue weighted by Gasteiger charge is 2.21. The minimum absolute atomic E-state index is 0.0633. The van der Waals surface area contributed by atoms with E-state index in [1.165, 1.54) is 0 Å². The number of benzene rings is 1. The van der Waals surface area contributed by atoms with Gasteiger partial charge in [0, 0.05) is 23.4 Å². The van der Waals surface area contributed by atoms with E-state index in [0.29, 0.717) is 18.1 Å². The maximum Gasteiger partial charge on any atom is 0.154 e. The Morgan fingerprint density at radius 3 is 3.05 bits per heavy atom. The minimum Gasteiger partial charge on any atom is -0.493 e. The van der Waals surface area contributed by atoms with Crippen LogP contribution in [0.25, 0.3) is 0 Å². The molecule has 1 atom stereocenters. The average molecular weight is 282 g/mol. The summed E-state index contributed by atoms with van der Waals surface area (Å²) in [5.74, 6) is 0.897. The van der Waals surface area contributed by atoms with Crippen LogP contribution >= 0.6 is 11.6 Å². The monoisotopic (exact) mass is 281 g/mol. The number of nitrogens with two attached hydrogens (primary N) is 1. The smallest absolute Gasteiger partial charge is 0.154 e. The standard InChI is InChI=1S/C15H20ClNO2/c1-2-3-4-13(17)14(18)9-11-8-12(16)7-10-5-6-19-15(10)11/h7-8,13H,2-6,9,17H2,1H3. The first-order valence-corrected chi connectivity index (χ1v) is 7.22. The van der Waals surface area contributed by atoms with Gasteiger partial charge in [0.15, 0.2) is 5.78 Å². The van der Waals surface area contributed by atoms with Crippen molar-refractivity contribution >= 4 is 17.4 Å². The van der Waals surface area contributed by atoms with E-state index < -0.39 is 0 Å². The maximum absolute atomic E-state index is 12.1. The average Bonchev–Trinajstić information content (AvgIpc) is 2.83. The summed E-state index contributed by atoms with van der Waals surface area (Å²) in [4.78, 5) is 12.1. The molecule has 0 aromatic heterocycles. The number of halogens is 1. The fourth-order valence-electron chi connectivity index (χ4n) is 2.38. The predicted molar refractivity (Wildman–Crippen MR) is 76.9 cm³/mol. The van der Waals surface area contributed by atoms with E-state index in [0.717, 1.165) is 42.6 Å². The second kappa shape index (κ2) is 6.40. The molecule has 1 heterocycles. The zero-order valence-corrected chi connectivity index (χ0v) is 12.0. The summed E-state index contributed by atoms with van der Waals surface area (Å²) in [6.45, 7) is 2.76. The van der Waals surface area contributed by atoms with E-state index in [4.69, 9.17) is 22.1 Å². The number of ether oxygens (including phenoxy) is 1. The quantitative estimate of drug-likeness (QED) is 0.872. The highest BCUT2D eigenvalue weighted by Crippen LogP contribution is 2.33. The number of rotatable bonds is 6. The number of hydrogen-bond donors (Lipinski definition) is 1. The summed E-state index contributed by atoms with van der Waals surface area (Å²) in [5.41, 5.74) is 7.88. The molecule has 0 spiro atoms. The van der Waals surface area contributed by atoms with Crippen LogP contribution in [0.2, 0.25) is 5.02 Å². The van der Waals surface area contributed by atoms with E-state index in [1.807, 2.05) is 12.1 Å². The maximum atomic E-state index is 12.1. The van der Waals surface area contributed by atoms with Crippen molar-refractivity contribution in [3.05, 3.63) is 28.3 Å². The van der Waals surface area contributed by atoms with Crippen LogP contribution in [0.15, 0.2) is 12.1 Å². The molecule has 4 heteroatoms. The molecule has 0 bridgehead atoms. The van der Waals surface area contributed by atoms with Gasteiger partial charge >= 0.3 is 0 Å². The molecule has 3 nitrogen and oxygen atoms in total. The first kappa shape index (κ1) is 14.4. The molecule has 0 aliphatic carbocycles. The Bertz CT molecular complexity index is 473. The van der Waals surface area contributed by atoms with Crippen LogP contribution in [0.3, 0.4) is 0 Å². The second-order valence-electron chi connectivity index (χ2n) is 5.04. The van der Waals surface area contributed by atoms with Crippen LogP contribution < -0.4 is 10.5 Å². The Hall–Kier alpha value is -1.06. The normalized spacial score (nSPS) is 14.9. The van der Waals surface area contributed by atoms with Crippen molar-refractivity contribution in [2.45, 2.75) is 45.1 Å². The molecule has 0 radical (unpaired) electrons. The number of hydrogen-bond acceptors (Lipinski definition) is 3. The molecule has 19 heavy (non-hydrogen) atoms. The summed E-state index contributed by atoms with van der Waals surface area (Å²) >= 11 is 6.08. The summed E-state index contributed by atoms with van der Waals surface area (Å²) in [6, 6.07) is 3.35. The summed E-state index contributed by atoms with van der Waals surface area (Å²) in [7, 11) is 0. The lowest BCUT2D eigenvalue weighted by Gasteiger charge is -2.12. The van der Waals surface area contributed by atoms with Crippen molar-refractivity contribution in [1.82, 2.24) is 0 Å². The summed E-state index contributed by atoms with van der Waals surface area (Å²) in [5, 5.41) is 0.661. The Kier molecular flexibility index (Phi) is 4.83. The third-order valence-corrected chi connectivity index (χ3v) is 3.69.